The Labute approximate surface area is 82.0 Å². The number of allylic oxidation sites excluding steroid dienone is 1. The second-order valence-electron chi connectivity index (χ2n) is 3.55. The number of carbonyl (C=O) groups excluding carboxylic acids is 1. The fourth-order valence-corrected chi connectivity index (χ4v) is 1.28. The number of ether oxygens (including phenoxy) is 1. The van der Waals surface area contributed by atoms with Crippen LogP contribution in [0.1, 0.15) is 20.3 Å². The van der Waals surface area contributed by atoms with Gasteiger partial charge in [0.2, 0.25) is 0 Å². The number of likely N-dealkylation sites (tertiary alicyclic amines) is 1. The molecule has 0 bridgehead atoms. The van der Waals surface area contributed by atoms with Crippen LogP contribution in [0.4, 0.5) is 4.79 Å². The highest BCUT2D eigenvalue weighted by Crippen LogP contribution is 2.31. The molecule has 1 aliphatic heterocycles. The first kappa shape index (κ1) is 10.6. The van der Waals surface area contributed by atoms with Crippen LogP contribution in [0.25, 0.3) is 0 Å². The van der Waals surface area contributed by atoms with E-state index >= 15 is 0 Å². The van der Waals surface area contributed by atoms with E-state index in [4.69, 9.17) is 9.84 Å². The number of amides is 1. The zero-order valence-corrected chi connectivity index (χ0v) is 8.24. The van der Waals surface area contributed by atoms with Crippen molar-refractivity contribution in [3.63, 3.8) is 0 Å². The van der Waals surface area contributed by atoms with Crippen molar-refractivity contribution < 1.29 is 19.4 Å². The summed E-state index contributed by atoms with van der Waals surface area (Å²) < 4.78 is 4.73. The van der Waals surface area contributed by atoms with Gasteiger partial charge in [0, 0.05) is 6.54 Å². The fraction of sp³-hybridized carbons (Fsp3) is 0.556. The molecule has 14 heavy (non-hydrogen) atoms. The van der Waals surface area contributed by atoms with Crippen molar-refractivity contribution in [3.05, 3.63) is 12.3 Å². The maximum Gasteiger partial charge on any atom is 0.415 e. The minimum Gasteiger partial charge on any atom is -0.480 e. The molecule has 1 saturated heterocycles. The summed E-state index contributed by atoms with van der Waals surface area (Å²) in [5, 5.41) is 8.87. The van der Waals surface area contributed by atoms with Crippen molar-refractivity contribution in [2.24, 2.45) is 0 Å². The molecule has 0 radical (unpaired) electrons. The Hall–Kier alpha value is -1.52. The quantitative estimate of drug-likeness (QED) is 0.678. The topological polar surface area (TPSA) is 66.8 Å². The summed E-state index contributed by atoms with van der Waals surface area (Å²) in [6.07, 6.45) is -0.193. The predicted molar refractivity (Wildman–Crippen MR) is 48.7 cm³/mol. The number of aliphatic carboxylic acids is 1. The monoisotopic (exact) mass is 199 g/mol. The van der Waals surface area contributed by atoms with Crippen molar-refractivity contribution >= 4 is 12.1 Å². The number of nitrogens with zero attached hydrogens (tertiary/aromatic N) is 1. The number of hydrogen-bond donors (Lipinski definition) is 1. The van der Waals surface area contributed by atoms with Gasteiger partial charge in [-0.15, -0.1) is 0 Å². The van der Waals surface area contributed by atoms with Gasteiger partial charge < -0.3 is 9.84 Å². The molecule has 0 aromatic rings. The summed E-state index contributed by atoms with van der Waals surface area (Å²) in [6, 6.07) is 0. The number of carboxylic acids is 1. The summed E-state index contributed by atoms with van der Waals surface area (Å²) >= 11 is 0. The highest BCUT2D eigenvalue weighted by Gasteiger charge is 2.50. The molecule has 1 aliphatic rings. The summed E-state index contributed by atoms with van der Waals surface area (Å²) in [6.45, 7) is 6.86. The summed E-state index contributed by atoms with van der Waals surface area (Å²) in [5.41, 5.74) is -1.12. The predicted octanol–water partition coefficient (Wildman–Crippen LogP) is 1.21. The van der Waals surface area contributed by atoms with Crippen LogP contribution in [-0.2, 0) is 9.53 Å². The van der Waals surface area contributed by atoms with Crippen LogP contribution in [-0.4, -0.2) is 34.2 Å². The van der Waals surface area contributed by atoms with E-state index in [2.05, 4.69) is 6.58 Å². The number of rotatable bonds is 2. The molecule has 0 unspecified atom stereocenters. The molecule has 0 spiro atoms. The molecule has 0 aromatic carbocycles. The van der Waals surface area contributed by atoms with Gasteiger partial charge in [-0.25, -0.2) is 9.59 Å². The minimum atomic E-state index is -1.12. The van der Waals surface area contributed by atoms with Crippen LogP contribution < -0.4 is 0 Å². The van der Waals surface area contributed by atoms with E-state index < -0.39 is 17.6 Å². The number of carboxylic acid groups (broad SMARTS) is 1. The fourth-order valence-electron chi connectivity index (χ4n) is 1.28. The van der Waals surface area contributed by atoms with Gasteiger partial charge in [-0.05, 0) is 20.3 Å². The van der Waals surface area contributed by atoms with Crippen molar-refractivity contribution in [1.82, 2.24) is 4.90 Å². The van der Waals surface area contributed by atoms with E-state index in [1.807, 2.05) is 0 Å². The van der Waals surface area contributed by atoms with Crippen LogP contribution in [0.2, 0.25) is 0 Å². The minimum absolute atomic E-state index is 0.259. The Morgan fingerprint density at radius 3 is 2.43 bits per heavy atom. The number of hydrogen-bond acceptors (Lipinski definition) is 3. The Morgan fingerprint density at radius 2 is 2.14 bits per heavy atom. The van der Waals surface area contributed by atoms with Crippen molar-refractivity contribution in [2.45, 2.75) is 25.8 Å². The van der Waals surface area contributed by atoms with E-state index in [0.29, 0.717) is 13.0 Å². The van der Waals surface area contributed by atoms with Gasteiger partial charge in [-0.1, -0.05) is 6.58 Å². The normalized spacial score (nSPS) is 25.1. The lowest BCUT2D eigenvalue weighted by Crippen LogP contribution is -2.64. The van der Waals surface area contributed by atoms with E-state index in [1.54, 1.807) is 0 Å². The van der Waals surface area contributed by atoms with Crippen LogP contribution in [0.3, 0.4) is 0 Å². The van der Waals surface area contributed by atoms with Crippen LogP contribution in [0, 0.1) is 0 Å². The highest BCUT2D eigenvalue weighted by atomic mass is 16.6. The van der Waals surface area contributed by atoms with Gasteiger partial charge in [0.05, 0.1) is 5.76 Å². The molecule has 0 aliphatic carbocycles. The third-order valence-electron chi connectivity index (χ3n) is 2.36. The average Bonchev–Trinajstić information content (AvgIpc) is 1.98. The molecule has 5 nitrogen and oxygen atoms in total. The van der Waals surface area contributed by atoms with Gasteiger partial charge in [0.25, 0.3) is 0 Å². The van der Waals surface area contributed by atoms with Gasteiger partial charge in [0.15, 0.2) is 0 Å². The van der Waals surface area contributed by atoms with Crippen molar-refractivity contribution in [1.29, 1.82) is 0 Å². The van der Waals surface area contributed by atoms with Gasteiger partial charge >= 0.3 is 12.1 Å². The summed E-state index contributed by atoms with van der Waals surface area (Å²) in [4.78, 5) is 23.4. The Morgan fingerprint density at radius 1 is 1.57 bits per heavy atom. The molecule has 0 aromatic heterocycles. The first-order valence-corrected chi connectivity index (χ1v) is 4.26. The molecule has 1 heterocycles. The Bertz CT molecular complexity index is 299. The zero-order valence-electron chi connectivity index (χ0n) is 8.24. The van der Waals surface area contributed by atoms with Gasteiger partial charge in [-0.3, -0.25) is 4.90 Å². The maximum atomic E-state index is 11.3. The van der Waals surface area contributed by atoms with Gasteiger partial charge in [0.1, 0.15) is 5.54 Å². The zero-order chi connectivity index (χ0) is 10.9. The molecule has 1 rings (SSSR count). The summed E-state index contributed by atoms with van der Waals surface area (Å²) in [5.74, 6) is -0.753. The van der Waals surface area contributed by atoms with E-state index in [9.17, 15) is 9.59 Å². The number of carbonyl (C=O) groups is 2. The molecular formula is C9H13NO4. The molecule has 0 saturated carbocycles. The van der Waals surface area contributed by atoms with Crippen LogP contribution >= 0.6 is 0 Å². The molecular weight excluding hydrogens is 186 g/mol. The smallest absolute Gasteiger partial charge is 0.415 e. The molecule has 1 fully saturated rings. The molecule has 1 amide bonds. The molecule has 78 valence electrons. The van der Waals surface area contributed by atoms with Crippen LogP contribution in [0.5, 0.6) is 0 Å². The lowest BCUT2D eigenvalue weighted by molar-refractivity contribution is -0.156. The second-order valence-corrected chi connectivity index (χ2v) is 3.55. The largest absolute Gasteiger partial charge is 0.480 e. The lowest BCUT2D eigenvalue weighted by atomic mass is 9.87. The molecule has 1 N–H and O–H groups in total. The van der Waals surface area contributed by atoms with Crippen molar-refractivity contribution in [2.75, 3.05) is 6.54 Å². The lowest BCUT2D eigenvalue weighted by Gasteiger charge is -2.45. The van der Waals surface area contributed by atoms with E-state index in [-0.39, 0.29) is 5.76 Å². The standard InChI is InChI=1S/C9H13NO4/c1-6(2)14-8(13)10-5-4-9(10,3)7(11)12/h1,4-5H2,2-3H3,(H,11,12)/t9-/m1/s1. The molecule has 1 atom stereocenters. The Balaban J connectivity index is 2.67. The Kier molecular flexibility index (Phi) is 2.51. The summed E-state index contributed by atoms with van der Waals surface area (Å²) in [7, 11) is 0. The third kappa shape index (κ3) is 1.57. The van der Waals surface area contributed by atoms with E-state index in [1.165, 1.54) is 18.7 Å². The average molecular weight is 199 g/mol. The highest BCUT2D eigenvalue weighted by molar-refractivity contribution is 5.86. The van der Waals surface area contributed by atoms with Crippen LogP contribution in [0.15, 0.2) is 12.3 Å². The van der Waals surface area contributed by atoms with Crippen molar-refractivity contribution in [3.8, 4) is 0 Å². The first-order valence-electron chi connectivity index (χ1n) is 4.26. The third-order valence-corrected chi connectivity index (χ3v) is 2.36. The maximum absolute atomic E-state index is 11.3. The SMILES string of the molecule is C=C(C)OC(=O)N1CC[C@]1(C)C(=O)O. The van der Waals surface area contributed by atoms with E-state index in [0.717, 1.165) is 0 Å². The molecule has 5 heteroatoms. The first-order chi connectivity index (χ1) is 6.38. The second kappa shape index (κ2) is 3.32. The van der Waals surface area contributed by atoms with Gasteiger partial charge in [-0.2, -0.15) is 0 Å².